The molecule has 33 heavy (non-hydrogen) atoms. The highest BCUT2D eigenvalue weighted by molar-refractivity contribution is 5.73. The number of carbonyl (C=O) groups is 1. The first-order valence-corrected chi connectivity index (χ1v) is 10.7. The number of hydrogen-bond donors (Lipinski definition) is 1. The SMILES string of the molecule is COc1cc(COc2ccc3c(c2)CCC(CN2CC(C(=O)O)C2)=C3C)cc(C(F)(F)F)n1. The highest BCUT2D eigenvalue weighted by Gasteiger charge is 2.34. The first-order chi connectivity index (χ1) is 15.6. The molecule has 0 amide bonds. The van der Waals surface area contributed by atoms with Crippen molar-refractivity contribution in [3.05, 3.63) is 58.3 Å². The molecule has 0 saturated carbocycles. The number of pyridine rings is 1. The monoisotopic (exact) mass is 462 g/mol. The van der Waals surface area contributed by atoms with Crippen molar-refractivity contribution >= 4 is 11.5 Å². The van der Waals surface area contributed by atoms with Crippen molar-refractivity contribution in [1.29, 1.82) is 0 Å². The molecule has 0 radical (unpaired) electrons. The number of allylic oxidation sites excluding steroid dienone is 1. The Morgan fingerprint density at radius 1 is 1.21 bits per heavy atom. The first kappa shape index (κ1) is 23.1. The number of aryl methyl sites for hydroxylation is 1. The van der Waals surface area contributed by atoms with Gasteiger partial charge in [-0.25, -0.2) is 4.98 Å². The van der Waals surface area contributed by atoms with E-state index in [4.69, 9.17) is 14.6 Å². The lowest BCUT2D eigenvalue weighted by Gasteiger charge is -2.38. The van der Waals surface area contributed by atoms with Gasteiger partial charge in [-0.2, -0.15) is 13.2 Å². The Balaban J connectivity index is 1.44. The number of likely N-dealkylation sites (tertiary alicyclic amines) is 1. The maximum Gasteiger partial charge on any atom is 0.433 e. The summed E-state index contributed by atoms with van der Waals surface area (Å²) in [5, 5.41) is 9.05. The zero-order chi connectivity index (χ0) is 23.8. The van der Waals surface area contributed by atoms with Crippen LogP contribution in [0.4, 0.5) is 13.2 Å². The van der Waals surface area contributed by atoms with Gasteiger partial charge in [0.25, 0.3) is 0 Å². The van der Waals surface area contributed by atoms with Crippen LogP contribution in [-0.4, -0.2) is 47.7 Å². The van der Waals surface area contributed by atoms with Gasteiger partial charge >= 0.3 is 12.1 Å². The van der Waals surface area contributed by atoms with E-state index in [0.29, 0.717) is 24.4 Å². The number of carboxylic acids is 1. The standard InChI is InChI=1S/C24H25F3N2O4/c1-14-17(10-29-11-18(12-29)23(30)31)4-3-16-9-19(5-6-20(14)16)33-13-15-7-21(24(25,26)27)28-22(8-15)32-2/h5-9,18H,3-4,10-13H2,1-2H3,(H,30,31). The van der Waals surface area contributed by atoms with Crippen LogP contribution in [0.1, 0.15) is 35.7 Å². The van der Waals surface area contributed by atoms with Gasteiger partial charge in [-0.1, -0.05) is 11.6 Å². The van der Waals surface area contributed by atoms with Gasteiger partial charge in [0.05, 0.1) is 13.0 Å². The van der Waals surface area contributed by atoms with Crippen LogP contribution >= 0.6 is 0 Å². The minimum atomic E-state index is -4.57. The molecule has 0 unspecified atom stereocenters. The summed E-state index contributed by atoms with van der Waals surface area (Å²) in [4.78, 5) is 16.6. The van der Waals surface area contributed by atoms with E-state index in [0.717, 1.165) is 36.6 Å². The van der Waals surface area contributed by atoms with Crippen molar-refractivity contribution in [2.24, 2.45) is 5.92 Å². The number of nitrogens with zero attached hydrogens (tertiary/aromatic N) is 2. The van der Waals surface area contributed by atoms with Crippen molar-refractivity contribution in [1.82, 2.24) is 9.88 Å². The molecule has 1 saturated heterocycles. The van der Waals surface area contributed by atoms with Gasteiger partial charge in [0.2, 0.25) is 5.88 Å². The molecule has 0 atom stereocenters. The van der Waals surface area contributed by atoms with Crippen LogP contribution in [0.5, 0.6) is 11.6 Å². The quantitative estimate of drug-likeness (QED) is 0.657. The van der Waals surface area contributed by atoms with Crippen molar-refractivity contribution < 1.29 is 32.5 Å². The fraction of sp³-hybridized carbons (Fsp3) is 0.417. The Morgan fingerprint density at radius 3 is 2.64 bits per heavy atom. The van der Waals surface area contributed by atoms with Crippen molar-refractivity contribution in [3.8, 4) is 11.6 Å². The van der Waals surface area contributed by atoms with Gasteiger partial charge in [-0.15, -0.1) is 0 Å². The molecule has 2 aromatic rings. The van der Waals surface area contributed by atoms with E-state index in [1.165, 1.54) is 24.3 Å². The summed E-state index contributed by atoms with van der Waals surface area (Å²) < 4.78 is 49.9. The van der Waals surface area contributed by atoms with Crippen LogP contribution < -0.4 is 9.47 Å². The minimum Gasteiger partial charge on any atom is -0.489 e. The zero-order valence-electron chi connectivity index (χ0n) is 18.4. The maximum absolute atomic E-state index is 13.1. The molecule has 176 valence electrons. The number of ether oxygens (including phenoxy) is 2. The van der Waals surface area contributed by atoms with Crippen LogP contribution in [0.15, 0.2) is 35.9 Å². The van der Waals surface area contributed by atoms with Crippen molar-refractivity contribution in [3.63, 3.8) is 0 Å². The van der Waals surface area contributed by atoms with Gasteiger partial charge in [0.1, 0.15) is 18.1 Å². The van der Waals surface area contributed by atoms with E-state index in [9.17, 15) is 18.0 Å². The number of benzene rings is 1. The lowest BCUT2D eigenvalue weighted by molar-refractivity contribution is -0.147. The number of carboxylic acid groups (broad SMARTS) is 1. The molecule has 6 nitrogen and oxygen atoms in total. The number of methoxy groups -OCH3 is 1. The van der Waals surface area contributed by atoms with Crippen LogP contribution in [0.25, 0.3) is 5.57 Å². The predicted octanol–water partition coefficient (Wildman–Crippen LogP) is 4.42. The highest BCUT2D eigenvalue weighted by Crippen LogP contribution is 2.35. The van der Waals surface area contributed by atoms with Crippen molar-refractivity contribution in [2.45, 2.75) is 32.5 Å². The molecule has 9 heteroatoms. The largest absolute Gasteiger partial charge is 0.489 e. The van der Waals surface area contributed by atoms with Gasteiger partial charge in [0, 0.05) is 25.7 Å². The summed E-state index contributed by atoms with van der Waals surface area (Å²) in [6.45, 7) is 3.98. The van der Waals surface area contributed by atoms with E-state index in [1.54, 1.807) is 0 Å². The second-order valence-electron chi connectivity index (χ2n) is 8.47. The number of rotatable bonds is 7. The average Bonchev–Trinajstić information content (AvgIpc) is 2.74. The maximum atomic E-state index is 13.1. The second kappa shape index (κ2) is 9.05. The first-order valence-electron chi connectivity index (χ1n) is 10.7. The minimum absolute atomic E-state index is 0.0411. The molecule has 0 spiro atoms. The molecule has 1 aromatic carbocycles. The number of aliphatic carboxylic acids is 1. The molecule has 0 bridgehead atoms. The van der Waals surface area contributed by atoms with Gasteiger partial charge < -0.3 is 14.6 Å². The smallest absolute Gasteiger partial charge is 0.433 e. The fourth-order valence-electron chi connectivity index (χ4n) is 4.28. The highest BCUT2D eigenvalue weighted by atomic mass is 19.4. The topological polar surface area (TPSA) is 71.9 Å². The van der Waals surface area contributed by atoms with Crippen LogP contribution in [0.2, 0.25) is 0 Å². The number of hydrogen-bond acceptors (Lipinski definition) is 5. The number of fused-ring (bicyclic) bond motifs is 1. The molecule has 2 aliphatic rings. The van der Waals surface area contributed by atoms with Crippen LogP contribution in [-0.2, 0) is 24.0 Å². The summed E-state index contributed by atoms with van der Waals surface area (Å²) in [6, 6.07) is 8.12. The third-order valence-electron chi connectivity index (χ3n) is 6.19. The number of alkyl halides is 3. The van der Waals surface area contributed by atoms with Gasteiger partial charge in [-0.3, -0.25) is 9.69 Å². The van der Waals surface area contributed by atoms with Crippen molar-refractivity contribution in [2.75, 3.05) is 26.7 Å². The summed E-state index contributed by atoms with van der Waals surface area (Å²) in [5.41, 5.74) is 4.06. The Morgan fingerprint density at radius 2 is 1.97 bits per heavy atom. The van der Waals surface area contributed by atoms with Gasteiger partial charge in [0.15, 0.2) is 0 Å². The molecule has 1 aromatic heterocycles. The van der Waals surface area contributed by atoms with E-state index < -0.39 is 17.8 Å². The molecular weight excluding hydrogens is 437 g/mol. The van der Waals surface area contributed by atoms with E-state index >= 15 is 0 Å². The lowest BCUT2D eigenvalue weighted by Crippen LogP contribution is -2.50. The average molecular weight is 462 g/mol. The molecule has 1 aliphatic heterocycles. The molecular formula is C24H25F3N2O4. The zero-order valence-corrected chi connectivity index (χ0v) is 18.4. The summed E-state index contributed by atoms with van der Waals surface area (Å²) in [7, 11) is 1.27. The third-order valence-corrected chi connectivity index (χ3v) is 6.19. The number of aromatic nitrogens is 1. The fourth-order valence-corrected chi connectivity index (χ4v) is 4.28. The summed E-state index contributed by atoms with van der Waals surface area (Å²) >= 11 is 0. The third kappa shape index (κ3) is 5.13. The summed E-state index contributed by atoms with van der Waals surface area (Å²) in [6.07, 6.45) is -2.86. The molecule has 2 heterocycles. The Hall–Kier alpha value is -3.07. The normalized spacial score (nSPS) is 16.9. The predicted molar refractivity (Wildman–Crippen MR) is 115 cm³/mol. The lowest BCUT2D eigenvalue weighted by atomic mass is 9.85. The molecule has 1 aliphatic carbocycles. The van der Waals surface area contributed by atoms with Gasteiger partial charge in [-0.05, 0) is 60.2 Å². The van der Waals surface area contributed by atoms with E-state index in [2.05, 4.69) is 16.8 Å². The second-order valence-corrected chi connectivity index (χ2v) is 8.47. The molecule has 4 rings (SSSR count). The van der Waals surface area contributed by atoms with Crippen LogP contribution in [0, 0.1) is 5.92 Å². The molecule has 1 N–H and O–H groups in total. The Labute approximate surface area is 189 Å². The Bertz CT molecular complexity index is 1090. The number of halogens is 3. The van der Waals surface area contributed by atoms with Crippen LogP contribution in [0.3, 0.4) is 0 Å². The summed E-state index contributed by atoms with van der Waals surface area (Å²) in [5.74, 6) is -0.534. The Kier molecular flexibility index (Phi) is 6.34. The molecule has 1 fully saturated rings. The van der Waals surface area contributed by atoms with E-state index in [-0.39, 0.29) is 18.4 Å². The van der Waals surface area contributed by atoms with E-state index in [1.807, 2.05) is 18.2 Å².